The van der Waals surface area contributed by atoms with Gasteiger partial charge in [-0.2, -0.15) is 10.2 Å². The molecule has 0 unspecified atom stereocenters. The highest BCUT2D eigenvalue weighted by atomic mass is 35.5. The third-order valence-corrected chi connectivity index (χ3v) is 13.1. The second-order valence-corrected chi connectivity index (χ2v) is 18.5. The quantitative estimate of drug-likeness (QED) is 0.128. The van der Waals surface area contributed by atoms with Gasteiger partial charge in [0.15, 0.2) is 0 Å². The van der Waals surface area contributed by atoms with E-state index in [0.717, 1.165) is 55.4 Å². The first-order valence-electron chi connectivity index (χ1n) is 20.9. The monoisotopic (exact) mass is 919 g/mol. The lowest BCUT2D eigenvalue weighted by molar-refractivity contribution is -0.00856. The predicted octanol–water partition coefficient (Wildman–Crippen LogP) is 10.3. The van der Waals surface area contributed by atoms with E-state index < -0.39 is 17.2 Å². The van der Waals surface area contributed by atoms with Crippen molar-refractivity contribution in [2.24, 2.45) is 0 Å². The van der Waals surface area contributed by atoms with Gasteiger partial charge >= 0.3 is 0 Å². The minimum absolute atomic E-state index is 0.0556. The predicted molar refractivity (Wildman–Crippen MR) is 255 cm³/mol. The molecule has 4 heterocycles. The highest BCUT2D eigenvalue weighted by molar-refractivity contribution is 7.99. The summed E-state index contributed by atoms with van der Waals surface area (Å²) in [5.41, 5.74) is 6.38. The van der Waals surface area contributed by atoms with E-state index in [1.54, 1.807) is 0 Å². The molecule has 0 atom stereocenters. The molecule has 0 fully saturated rings. The normalized spacial score (nSPS) is 13.5. The summed E-state index contributed by atoms with van der Waals surface area (Å²) in [7, 11) is 8.49. The maximum atomic E-state index is 14.1. The third kappa shape index (κ3) is 12.1. The molecule has 0 spiro atoms. The lowest BCUT2D eigenvalue weighted by Gasteiger charge is -2.33. The van der Waals surface area contributed by atoms with E-state index in [0.29, 0.717) is 0 Å². The molecule has 2 aliphatic rings. The number of hydrogen-bond acceptors (Lipinski definition) is 10. The van der Waals surface area contributed by atoms with Gasteiger partial charge in [0.25, 0.3) is 0 Å². The summed E-state index contributed by atoms with van der Waals surface area (Å²) >= 11 is 9.98. The summed E-state index contributed by atoms with van der Waals surface area (Å²) in [6.45, 7) is 3.02. The first kappa shape index (κ1) is 46.6. The molecule has 0 saturated carbocycles. The topological polar surface area (TPSA) is 91.4 Å². The van der Waals surface area contributed by atoms with Crippen molar-refractivity contribution in [1.82, 2.24) is 39.3 Å². The number of halogens is 3. The molecule has 0 bridgehead atoms. The average Bonchev–Trinajstić information content (AvgIpc) is 3.97. The molecule has 10 nitrogen and oxygen atoms in total. The Labute approximate surface area is 387 Å². The number of rotatable bonds is 12. The van der Waals surface area contributed by atoms with Crippen LogP contribution in [-0.4, -0.2) is 92.3 Å². The van der Waals surface area contributed by atoms with Gasteiger partial charge in [-0.1, -0.05) is 90.1 Å². The van der Waals surface area contributed by atoms with Crippen LogP contribution in [0.1, 0.15) is 35.1 Å². The maximum Gasteiger partial charge on any atom is 0.137 e. The van der Waals surface area contributed by atoms with Crippen LogP contribution in [0.2, 0.25) is 5.02 Å². The minimum Gasteiger partial charge on any atom is -0.381 e. The van der Waals surface area contributed by atoms with Gasteiger partial charge < -0.3 is 19.8 Å². The second-order valence-electron chi connectivity index (χ2n) is 16.0. The smallest absolute Gasteiger partial charge is 0.137 e. The van der Waals surface area contributed by atoms with Crippen LogP contribution in [0.3, 0.4) is 0 Å². The van der Waals surface area contributed by atoms with E-state index in [9.17, 15) is 13.9 Å². The van der Waals surface area contributed by atoms with Crippen molar-refractivity contribution in [3.05, 3.63) is 179 Å². The van der Waals surface area contributed by atoms with Gasteiger partial charge in [-0.05, 0) is 112 Å². The van der Waals surface area contributed by atoms with E-state index in [1.807, 2.05) is 29.6 Å². The number of hydrogen-bond donors (Lipinski definition) is 1. The van der Waals surface area contributed by atoms with Crippen molar-refractivity contribution in [2.45, 2.75) is 52.0 Å². The largest absolute Gasteiger partial charge is 0.381 e. The Morgan fingerprint density at radius 1 is 0.734 bits per heavy atom. The number of thioether (sulfide) groups is 1. The summed E-state index contributed by atoms with van der Waals surface area (Å²) in [4.78, 5) is 18.4. The fourth-order valence-corrected chi connectivity index (χ4v) is 9.87. The molecule has 1 N–H and O–H groups in total. The van der Waals surface area contributed by atoms with Gasteiger partial charge in [0.1, 0.15) is 42.5 Å². The maximum absolute atomic E-state index is 14.1. The van der Waals surface area contributed by atoms with Crippen LogP contribution >= 0.6 is 35.1 Å². The van der Waals surface area contributed by atoms with Gasteiger partial charge in [0.05, 0.1) is 24.5 Å². The van der Waals surface area contributed by atoms with Crippen LogP contribution in [0.15, 0.2) is 155 Å². The number of para-hydroxylation sites is 1. The Hall–Kier alpha value is -5.35. The standard InChI is InChI=1S/C19H21NS.C17H19ClN2S.C13H12F2N6O/c1-20(2)13-7-11-17-16-9-4-3-8-15(16)14-21-19-12-6-5-10-18(17)19;1-19(2)10-5-11-20-14-6-3-4-7-16(14)21-17-9-8-13(18)12-15(17)20;14-10-1-2-11(12(15)3-10)13(22,4-20-8-16-6-18-20)5-21-9-17-7-19-21/h3-6,8-12H,7,13-14H2,1-2H3;3-4,6-9,12H,5,10-11H2,1-2H3;1-3,6-9,22H,4-5H2/b17-11-;;. The Morgan fingerprint density at radius 2 is 1.38 bits per heavy atom. The zero-order valence-electron chi connectivity index (χ0n) is 36.4. The Bertz CT molecular complexity index is 2540. The zero-order chi connectivity index (χ0) is 45.1. The molecule has 64 heavy (non-hydrogen) atoms. The van der Waals surface area contributed by atoms with Crippen molar-refractivity contribution in [3.8, 4) is 0 Å². The van der Waals surface area contributed by atoms with E-state index >= 15 is 0 Å². The third-order valence-electron chi connectivity index (χ3n) is 10.6. The lowest BCUT2D eigenvalue weighted by atomic mass is 9.93. The molecule has 9 rings (SSSR count). The number of nitrogens with zero attached hydrogens (tertiary/aromatic N) is 9. The number of anilines is 2. The second kappa shape index (κ2) is 22.0. The van der Waals surface area contributed by atoms with E-state index in [4.69, 9.17) is 11.6 Å². The number of fused-ring (bicyclic) bond motifs is 4. The fourth-order valence-electron chi connectivity index (χ4n) is 7.55. The lowest BCUT2D eigenvalue weighted by Crippen LogP contribution is -2.37. The fraction of sp³-hybridized carbons (Fsp3) is 0.265. The van der Waals surface area contributed by atoms with Crippen LogP contribution in [0.5, 0.6) is 0 Å². The summed E-state index contributed by atoms with van der Waals surface area (Å²) < 4.78 is 29.9. The van der Waals surface area contributed by atoms with E-state index in [-0.39, 0.29) is 18.7 Å². The first-order valence-corrected chi connectivity index (χ1v) is 23.1. The van der Waals surface area contributed by atoms with Crippen LogP contribution < -0.4 is 4.90 Å². The van der Waals surface area contributed by atoms with Gasteiger partial charge in [-0.25, -0.2) is 28.1 Å². The molecule has 5 aromatic carbocycles. The van der Waals surface area contributed by atoms with Crippen LogP contribution in [0, 0.1) is 11.6 Å². The Morgan fingerprint density at radius 3 is 2.05 bits per heavy atom. The minimum atomic E-state index is -1.70. The number of benzene rings is 5. The van der Waals surface area contributed by atoms with Gasteiger partial charge in [-0.15, -0.1) is 11.8 Å². The van der Waals surface area contributed by atoms with Crippen LogP contribution in [0.4, 0.5) is 20.2 Å². The van der Waals surface area contributed by atoms with E-state index in [2.05, 4.69) is 154 Å². The molecule has 332 valence electrons. The molecule has 0 amide bonds. The number of aliphatic hydroxyl groups is 1. The highest BCUT2D eigenvalue weighted by Crippen LogP contribution is 2.48. The molecular formula is C49H52ClF2N9OS2. The average molecular weight is 921 g/mol. The summed E-state index contributed by atoms with van der Waals surface area (Å²) in [6, 6.07) is 35.4. The van der Waals surface area contributed by atoms with Crippen LogP contribution in [-0.2, 0) is 24.4 Å². The zero-order valence-corrected chi connectivity index (χ0v) is 38.7. The molecule has 15 heteroatoms. The van der Waals surface area contributed by atoms with Crippen molar-refractivity contribution >= 4 is 52.1 Å². The molecule has 0 aliphatic carbocycles. The molecule has 2 aliphatic heterocycles. The molecular weight excluding hydrogens is 868 g/mol. The van der Waals surface area contributed by atoms with Gasteiger partial charge in [-0.3, -0.25) is 0 Å². The van der Waals surface area contributed by atoms with Crippen LogP contribution in [0.25, 0.3) is 5.57 Å². The van der Waals surface area contributed by atoms with Crippen molar-refractivity contribution < 1.29 is 13.9 Å². The number of aromatic nitrogens is 6. The molecule has 2 aromatic heterocycles. The Balaban J connectivity index is 0.000000144. The van der Waals surface area contributed by atoms with Crippen molar-refractivity contribution in [2.75, 3.05) is 52.7 Å². The first-order chi connectivity index (χ1) is 31.0. The molecule has 0 saturated heterocycles. The van der Waals surface area contributed by atoms with Gasteiger partial charge in [0.2, 0.25) is 0 Å². The van der Waals surface area contributed by atoms with E-state index in [1.165, 1.54) is 89.1 Å². The van der Waals surface area contributed by atoms with Gasteiger partial charge in [0, 0.05) is 50.2 Å². The summed E-state index contributed by atoms with van der Waals surface area (Å²) in [5.74, 6) is -0.508. The summed E-state index contributed by atoms with van der Waals surface area (Å²) in [5, 5.41) is 19.6. The summed E-state index contributed by atoms with van der Waals surface area (Å²) in [6.07, 6.45) is 10.0. The van der Waals surface area contributed by atoms with Crippen molar-refractivity contribution in [1.29, 1.82) is 0 Å². The SMILES string of the molecule is CN(C)CC/C=C1/c2ccccc2CSc2ccccc21.CN(C)CCCN1c2ccccc2Sc2ccc(Cl)cc21.OC(Cn1cncn1)(Cn1cncn1)c1ccc(F)cc1F. The molecule has 7 aromatic rings. The Kier molecular flexibility index (Phi) is 16.1. The van der Waals surface area contributed by atoms with Crippen molar-refractivity contribution in [3.63, 3.8) is 0 Å². The molecule has 0 radical (unpaired) electrons. The highest BCUT2D eigenvalue weighted by Gasteiger charge is 2.34.